The lowest BCUT2D eigenvalue weighted by molar-refractivity contribution is -0.132. The molecule has 0 aliphatic carbocycles. The van der Waals surface area contributed by atoms with Crippen LogP contribution in [-0.4, -0.2) is 41.9 Å². The monoisotopic (exact) mass is 393 g/mol. The van der Waals surface area contributed by atoms with Gasteiger partial charge in [0.05, 0.1) is 12.6 Å². The standard InChI is InChI=1S/C22H23N3O4/c1-14-7-9-16(10-8-14)25-15(2)21(27)24(22(25)28)13-20(26)23-18-11-12-29-19-6-4-3-5-17(18)19/h3-10,15,18H,11-13H2,1-2H3,(H,23,26)/t15-,18-/m1/s1. The summed E-state index contributed by atoms with van der Waals surface area (Å²) in [7, 11) is 0. The highest BCUT2D eigenvalue weighted by Gasteiger charge is 2.44. The summed E-state index contributed by atoms with van der Waals surface area (Å²) in [6.07, 6.45) is 0.635. The van der Waals surface area contributed by atoms with Crippen molar-refractivity contribution in [2.24, 2.45) is 0 Å². The Morgan fingerprint density at radius 1 is 1.14 bits per heavy atom. The summed E-state index contributed by atoms with van der Waals surface area (Å²) in [5.41, 5.74) is 2.61. The second kappa shape index (κ2) is 7.58. The average Bonchev–Trinajstić information content (AvgIpc) is 2.92. The Labute approximate surface area is 169 Å². The number of carbonyl (C=O) groups excluding carboxylic acids is 3. The number of rotatable bonds is 4. The van der Waals surface area contributed by atoms with Gasteiger partial charge in [-0.15, -0.1) is 0 Å². The number of ether oxygens (including phenoxy) is 1. The predicted molar refractivity (Wildman–Crippen MR) is 108 cm³/mol. The molecule has 2 atom stereocenters. The number of carbonyl (C=O) groups is 3. The second-order valence-corrected chi connectivity index (χ2v) is 7.38. The highest BCUT2D eigenvalue weighted by molar-refractivity contribution is 6.15. The van der Waals surface area contributed by atoms with Crippen molar-refractivity contribution in [2.45, 2.75) is 32.4 Å². The number of imide groups is 1. The Kier molecular flexibility index (Phi) is 4.96. The third kappa shape index (κ3) is 3.55. The number of para-hydroxylation sites is 1. The number of aryl methyl sites for hydroxylation is 1. The molecule has 4 rings (SSSR count). The van der Waals surface area contributed by atoms with Gasteiger partial charge < -0.3 is 10.1 Å². The molecule has 0 spiro atoms. The van der Waals surface area contributed by atoms with E-state index in [0.717, 1.165) is 21.8 Å². The maximum absolute atomic E-state index is 12.9. The molecule has 7 nitrogen and oxygen atoms in total. The van der Waals surface area contributed by atoms with E-state index >= 15 is 0 Å². The quantitative estimate of drug-likeness (QED) is 0.810. The Morgan fingerprint density at radius 2 is 1.86 bits per heavy atom. The number of fused-ring (bicyclic) bond motifs is 1. The van der Waals surface area contributed by atoms with Crippen LogP contribution in [0.2, 0.25) is 0 Å². The third-order valence-corrected chi connectivity index (χ3v) is 5.36. The lowest BCUT2D eigenvalue weighted by Gasteiger charge is -2.27. The highest BCUT2D eigenvalue weighted by Crippen LogP contribution is 2.31. The first-order chi connectivity index (χ1) is 14.0. The van der Waals surface area contributed by atoms with Crippen LogP contribution in [0.5, 0.6) is 5.75 Å². The second-order valence-electron chi connectivity index (χ2n) is 7.38. The van der Waals surface area contributed by atoms with Crippen LogP contribution in [-0.2, 0) is 9.59 Å². The number of anilines is 1. The van der Waals surface area contributed by atoms with Crippen molar-refractivity contribution in [3.8, 4) is 5.75 Å². The molecule has 2 heterocycles. The van der Waals surface area contributed by atoms with Crippen molar-refractivity contribution in [3.63, 3.8) is 0 Å². The van der Waals surface area contributed by atoms with Gasteiger partial charge in [0.2, 0.25) is 5.91 Å². The van der Waals surface area contributed by atoms with E-state index in [9.17, 15) is 14.4 Å². The van der Waals surface area contributed by atoms with E-state index in [1.54, 1.807) is 19.1 Å². The molecule has 2 aromatic carbocycles. The normalized spacial score (nSPS) is 21.0. The smallest absolute Gasteiger partial charge is 0.332 e. The van der Waals surface area contributed by atoms with Gasteiger partial charge in [-0.2, -0.15) is 0 Å². The molecule has 0 unspecified atom stereocenters. The first-order valence-corrected chi connectivity index (χ1v) is 9.68. The molecule has 4 amide bonds. The number of hydrogen-bond acceptors (Lipinski definition) is 4. The van der Waals surface area contributed by atoms with Crippen LogP contribution in [0.4, 0.5) is 10.5 Å². The van der Waals surface area contributed by atoms with Gasteiger partial charge in [-0.1, -0.05) is 35.9 Å². The summed E-state index contributed by atoms with van der Waals surface area (Å²) in [5.74, 6) is 0.000931. The number of nitrogens with one attached hydrogen (secondary N) is 1. The average molecular weight is 393 g/mol. The summed E-state index contributed by atoms with van der Waals surface area (Å²) in [6, 6.07) is 13.6. The van der Waals surface area contributed by atoms with Gasteiger partial charge in [-0.05, 0) is 32.0 Å². The molecule has 0 aromatic heterocycles. The summed E-state index contributed by atoms with van der Waals surface area (Å²) in [4.78, 5) is 40.6. The van der Waals surface area contributed by atoms with Crippen LogP contribution in [0.25, 0.3) is 0 Å². The Bertz CT molecular complexity index is 957. The van der Waals surface area contributed by atoms with E-state index in [2.05, 4.69) is 5.32 Å². The largest absolute Gasteiger partial charge is 0.493 e. The van der Waals surface area contributed by atoms with E-state index in [-0.39, 0.29) is 24.4 Å². The van der Waals surface area contributed by atoms with Gasteiger partial charge in [0.1, 0.15) is 18.3 Å². The Balaban J connectivity index is 1.47. The first kappa shape index (κ1) is 19.0. The van der Waals surface area contributed by atoms with Crippen LogP contribution in [0.1, 0.15) is 30.5 Å². The molecule has 1 N–H and O–H groups in total. The van der Waals surface area contributed by atoms with E-state index in [1.165, 1.54) is 4.90 Å². The molecule has 0 bridgehead atoms. The molecule has 2 aromatic rings. The number of nitrogens with zero attached hydrogens (tertiary/aromatic N) is 2. The fraction of sp³-hybridized carbons (Fsp3) is 0.318. The lowest BCUT2D eigenvalue weighted by atomic mass is 10.0. The number of benzene rings is 2. The summed E-state index contributed by atoms with van der Waals surface area (Å²) >= 11 is 0. The molecule has 2 aliphatic rings. The van der Waals surface area contributed by atoms with Gasteiger partial charge in [-0.25, -0.2) is 4.79 Å². The summed E-state index contributed by atoms with van der Waals surface area (Å²) in [6.45, 7) is 3.83. The molecule has 2 aliphatic heterocycles. The topological polar surface area (TPSA) is 79.0 Å². The predicted octanol–water partition coefficient (Wildman–Crippen LogP) is 2.79. The van der Waals surface area contributed by atoms with Gasteiger partial charge in [0.15, 0.2) is 0 Å². The molecular weight excluding hydrogens is 370 g/mol. The fourth-order valence-corrected chi connectivity index (χ4v) is 3.79. The van der Waals surface area contributed by atoms with Crippen LogP contribution >= 0.6 is 0 Å². The van der Waals surface area contributed by atoms with E-state index < -0.39 is 12.1 Å². The molecule has 1 saturated heterocycles. The number of amides is 4. The SMILES string of the molecule is Cc1ccc(N2C(=O)N(CC(=O)N[C@@H]3CCOc4ccccc43)C(=O)[C@H]2C)cc1. The van der Waals surface area contributed by atoms with Gasteiger partial charge in [0.25, 0.3) is 5.91 Å². The van der Waals surface area contributed by atoms with Crippen LogP contribution in [0, 0.1) is 6.92 Å². The minimum absolute atomic E-state index is 0.203. The van der Waals surface area contributed by atoms with Crippen LogP contribution in [0.3, 0.4) is 0 Å². The van der Waals surface area contributed by atoms with Crippen LogP contribution < -0.4 is 15.0 Å². The van der Waals surface area contributed by atoms with Gasteiger partial charge >= 0.3 is 6.03 Å². The first-order valence-electron chi connectivity index (χ1n) is 9.68. The van der Waals surface area contributed by atoms with Crippen molar-refractivity contribution in [2.75, 3.05) is 18.1 Å². The zero-order chi connectivity index (χ0) is 20.5. The van der Waals surface area contributed by atoms with E-state index in [0.29, 0.717) is 18.7 Å². The number of urea groups is 1. The minimum Gasteiger partial charge on any atom is -0.493 e. The van der Waals surface area contributed by atoms with Crippen molar-refractivity contribution < 1.29 is 19.1 Å². The summed E-state index contributed by atoms with van der Waals surface area (Å²) in [5, 5.41) is 2.94. The van der Waals surface area contributed by atoms with Crippen LogP contribution in [0.15, 0.2) is 48.5 Å². The number of hydrogen-bond donors (Lipinski definition) is 1. The molecule has 1 fully saturated rings. The molecule has 0 saturated carbocycles. The zero-order valence-corrected chi connectivity index (χ0v) is 16.4. The zero-order valence-electron chi connectivity index (χ0n) is 16.4. The lowest BCUT2D eigenvalue weighted by Crippen LogP contribution is -2.43. The van der Waals surface area contributed by atoms with Crippen molar-refractivity contribution in [3.05, 3.63) is 59.7 Å². The minimum atomic E-state index is -0.651. The summed E-state index contributed by atoms with van der Waals surface area (Å²) < 4.78 is 5.61. The Morgan fingerprint density at radius 3 is 2.62 bits per heavy atom. The van der Waals surface area contributed by atoms with Gasteiger partial charge in [0, 0.05) is 17.7 Å². The van der Waals surface area contributed by atoms with Gasteiger partial charge in [-0.3, -0.25) is 19.4 Å². The Hall–Kier alpha value is -3.35. The van der Waals surface area contributed by atoms with Crippen molar-refractivity contribution in [1.29, 1.82) is 0 Å². The molecular formula is C22H23N3O4. The van der Waals surface area contributed by atoms with E-state index in [1.807, 2.05) is 43.3 Å². The maximum Gasteiger partial charge on any atom is 0.332 e. The maximum atomic E-state index is 12.9. The molecule has 7 heteroatoms. The van der Waals surface area contributed by atoms with Crippen molar-refractivity contribution >= 4 is 23.5 Å². The highest BCUT2D eigenvalue weighted by atomic mass is 16.5. The molecule has 150 valence electrons. The molecule has 0 radical (unpaired) electrons. The van der Waals surface area contributed by atoms with E-state index in [4.69, 9.17) is 4.74 Å². The fourth-order valence-electron chi connectivity index (χ4n) is 3.79. The molecule has 29 heavy (non-hydrogen) atoms. The van der Waals surface area contributed by atoms with Crippen molar-refractivity contribution in [1.82, 2.24) is 10.2 Å². The third-order valence-electron chi connectivity index (χ3n) is 5.36.